The van der Waals surface area contributed by atoms with Crippen molar-refractivity contribution < 1.29 is 36.7 Å². The Kier molecular flexibility index (Phi) is 6.70. The molecule has 3 aromatic rings. The molecule has 0 bridgehead atoms. The number of carboxylic acid groups (broad SMARTS) is 1. The molecule has 0 spiro atoms. The van der Waals surface area contributed by atoms with Crippen molar-refractivity contribution in [3.8, 4) is 23.0 Å². The Morgan fingerprint density at radius 2 is 1.76 bits per heavy atom. The predicted molar refractivity (Wildman–Crippen MR) is 134 cm³/mol. The first kappa shape index (κ1) is 24.9. The largest absolute Gasteiger partial charge is 0.493 e. The van der Waals surface area contributed by atoms with E-state index in [1.807, 2.05) is 18.2 Å². The molecule has 3 aromatic carbocycles. The molecule has 2 aliphatic rings. The zero-order valence-corrected chi connectivity index (χ0v) is 21.3. The van der Waals surface area contributed by atoms with E-state index < -0.39 is 22.7 Å². The van der Waals surface area contributed by atoms with Gasteiger partial charge in [0, 0.05) is 24.7 Å². The van der Waals surface area contributed by atoms with Crippen LogP contribution in [0.2, 0.25) is 0 Å². The number of hydrogen-bond acceptors (Lipinski definition) is 8. The molecular formula is C27H27NO8S. The number of hydrogen-bond donors (Lipinski definition) is 1. The van der Waals surface area contributed by atoms with Crippen molar-refractivity contribution in [3.05, 3.63) is 76.9 Å². The summed E-state index contributed by atoms with van der Waals surface area (Å²) < 4.78 is 48.2. The number of rotatable bonds is 8. The maximum atomic E-state index is 13.1. The highest BCUT2D eigenvalue weighted by Gasteiger charge is 2.36. The Morgan fingerprint density at radius 3 is 2.46 bits per heavy atom. The smallest absolute Gasteiger partial charge is 0.341 e. The zero-order chi connectivity index (χ0) is 26.2. The fourth-order valence-corrected chi connectivity index (χ4v) is 6.01. The van der Waals surface area contributed by atoms with Gasteiger partial charge in [-0.2, -0.15) is 8.42 Å². The van der Waals surface area contributed by atoms with E-state index in [0.717, 1.165) is 35.2 Å². The van der Waals surface area contributed by atoms with Gasteiger partial charge in [-0.15, -0.1) is 0 Å². The van der Waals surface area contributed by atoms with Gasteiger partial charge >= 0.3 is 16.1 Å². The number of benzene rings is 3. The van der Waals surface area contributed by atoms with Crippen molar-refractivity contribution in [1.29, 1.82) is 0 Å². The van der Waals surface area contributed by atoms with Crippen molar-refractivity contribution in [2.24, 2.45) is 0 Å². The van der Waals surface area contributed by atoms with E-state index >= 15 is 0 Å². The quantitative estimate of drug-likeness (QED) is 0.441. The van der Waals surface area contributed by atoms with Crippen molar-refractivity contribution >= 4 is 16.1 Å². The van der Waals surface area contributed by atoms with Crippen LogP contribution in [0.1, 0.15) is 28.3 Å². The van der Waals surface area contributed by atoms with Crippen molar-refractivity contribution in [2.45, 2.75) is 30.3 Å². The molecule has 1 N–H and O–H groups in total. The van der Waals surface area contributed by atoms with Crippen molar-refractivity contribution in [3.63, 3.8) is 0 Å². The first-order valence-corrected chi connectivity index (χ1v) is 13.2. The summed E-state index contributed by atoms with van der Waals surface area (Å²) >= 11 is 0. The summed E-state index contributed by atoms with van der Waals surface area (Å²) in [6.45, 7) is 0.744. The third kappa shape index (κ3) is 4.82. The molecule has 0 fully saturated rings. The molecule has 0 saturated heterocycles. The predicted octanol–water partition coefficient (Wildman–Crippen LogP) is 3.59. The summed E-state index contributed by atoms with van der Waals surface area (Å²) in [4.78, 5) is 13.4. The number of aliphatic carboxylic acids is 1. The summed E-state index contributed by atoms with van der Waals surface area (Å²) in [6, 6.07) is 15.5. The lowest BCUT2D eigenvalue weighted by molar-refractivity contribution is -0.139. The van der Waals surface area contributed by atoms with E-state index in [0.29, 0.717) is 30.2 Å². The molecule has 0 aromatic heterocycles. The lowest BCUT2D eigenvalue weighted by Crippen LogP contribution is -2.39. The van der Waals surface area contributed by atoms with Crippen molar-refractivity contribution in [1.82, 2.24) is 4.90 Å². The molecule has 194 valence electrons. The minimum atomic E-state index is -4.06. The maximum absolute atomic E-state index is 13.1. The molecule has 1 atom stereocenters. The Bertz CT molecular complexity index is 1440. The molecule has 0 aliphatic carbocycles. The van der Waals surface area contributed by atoms with Gasteiger partial charge in [-0.05, 0) is 59.9 Å². The molecule has 0 amide bonds. The lowest BCUT2D eigenvalue weighted by Gasteiger charge is -2.42. The summed E-state index contributed by atoms with van der Waals surface area (Å²) in [7, 11) is -1.05. The maximum Gasteiger partial charge on any atom is 0.341 e. The standard InChI is InChI=1S/C27H27NO8S/c1-33-23-9-8-17-12-22-20-14-25(35-16-26(29)30)24(34-2)13-18(20)10-11-28(22)15-21(17)27(23)36-37(31,32)19-6-4-3-5-7-19/h3-9,13-14,22H,10-12,15-16H2,1-2H3,(H,29,30). The van der Waals surface area contributed by atoms with Crippen LogP contribution < -0.4 is 18.4 Å². The molecular weight excluding hydrogens is 498 g/mol. The Morgan fingerprint density at radius 1 is 1.00 bits per heavy atom. The number of methoxy groups -OCH3 is 2. The summed E-state index contributed by atoms with van der Waals surface area (Å²) in [5, 5.41) is 9.06. The third-order valence-electron chi connectivity index (χ3n) is 6.79. The first-order chi connectivity index (χ1) is 17.8. The number of carbonyl (C=O) groups is 1. The average molecular weight is 526 g/mol. The van der Waals surface area contributed by atoms with Gasteiger partial charge in [0.25, 0.3) is 0 Å². The average Bonchev–Trinajstić information content (AvgIpc) is 2.90. The first-order valence-electron chi connectivity index (χ1n) is 11.8. The summed E-state index contributed by atoms with van der Waals surface area (Å²) in [5.74, 6) is 0.358. The van der Waals surface area contributed by atoms with E-state index in [-0.39, 0.29) is 16.7 Å². The monoisotopic (exact) mass is 525 g/mol. The lowest BCUT2D eigenvalue weighted by atomic mass is 9.83. The van der Waals surface area contributed by atoms with Gasteiger partial charge in [-0.3, -0.25) is 4.90 Å². The molecule has 2 heterocycles. The fraction of sp³-hybridized carbons (Fsp3) is 0.296. The van der Waals surface area contributed by atoms with E-state index in [1.54, 1.807) is 24.3 Å². The van der Waals surface area contributed by atoms with E-state index in [1.165, 1.54) is 26.4 Å². The highest BCUT2D eigenvalue weighted by Crippen LogP contribution is 2.46. The van der Waals surface area contributed by atoms with Gasteiger partial charge in [0.1, 0.15) is 4.90 Å². The highest BCUT2D eigenvalue weighted by atomic mass is 32.2. The van der Waals surface area contributed by atoms with Crippen LogP contribution in [0.15, 0.2) is 59.5 Å². The number of ether oxygens (including phenoxy) is 3. The third-order valence-corrected chi connectivity index (χ3v) is 8.02. The normalized spacial score (nSPS) is 16.6. The zero-order valence-electron chi connectivity index (χ0n) is 20.5. The Labute approximate surface area is 215 Å². The van der Waals surface area contributed by atoms with Crippen LogP contribution in [0.3, 0.4) is 0 Å². The number of fused-ring (bicyclic) bond motifs is 4. The van der Waals surface area contributed by atoms with Crippen molar-refractivity contribution in [2.75, 3.05) is 27.4 Å². The summed E-state index contributed by atoms with van der Waals surface area (Å²) in [6.07, 6.45) is 1.36. The van der Waals surface area contributed by atoms with Gasteiger partial charge in [-0.1, -0.05) is 24.3 Å². The molecule has 0 radical (unpaired) electrons. The molecule has 37 heavy (non-hydrogen) atoms. The van der Waals surface area contributed by atoms with Gasteiger partial charge in [0.05, 0.1) is 14.2 Å². The molecule has 2 aliphatic heterocycles. The second kappa shape index (κ2) is 9.95. The van der Waals surface area contributed by atoms with Crippen LogP contribution in [-0.4, -0.2) is 51.8 Å². The van der Waals surface area contributed by atoms with E-state index in [2.05, 4.69) is 4.90 Å². The van der Waals surface area contributed by atoms with Crippen LogP contribution in [0, 0.1) is 0 Å². The van der Waals surface area contributed by atoms with Crippen LogP contribution >= 0.6 is 0 Å². The van der Waals surface area contributed by atoms with Gasteiger partial charge < -0.3 is 23.5 Å². The minimum Gasteiger partial charge on any atom is -0.493 e. The van der Waals surface area contributed by atoms with Crippen LogP contribution in [0.5, 0.6) is 23.0 Å². The highest BCUT2D eigenvalue weighted by molar-refractivity contribution is 7.87. The minimum absolute atomic E-state index is 0.00121. The van der Waals surface area contributed by atoms with Crippen LogP contribution in [0.4, 0.5) is 0 Å². The van der Waals surface area contributed by atoms with Gasteiger partial charge in [-0.25, -0.2) is 4.79 Å². The molecule has 10 heteroatoms. The Hall–Kier alpha value is -3.76. The van der Waals surface area contributed by atoms with E-state index in [4.69, 9.17) is 23.5 Å². The SMILES string of the molecule is COc1cc2c(cc1OCC(=O)O)C1Cc3ccc(OC)c(OS(=O)(=O)c4ccccc4)c3CN1CC2. The second-order valence-electron chi connectivity index (χ2n) is 8.91. The van der Waals surface area contributed by atoms with E-state index in [9.17, 15) is 13.2 Å². The molecule has 0 saturated carbocycles. The van der Waals surface area contributed by atoms with Gasteiger partial charge in [0.15, 0.2) is 29.6 Å². The molecule has 5 rings (SSSR count). The Balaban J connectivity index is 1.51. The number of carboxylic acids is 1. The van der Waals surface area contributed by atoms with Gasteiger partial charge in [0.2, 0.25) is 0 Å². The fourth-order valence-electron chi connectivity index (χ4n) is 5.02. The molecule has 9 nitrogen and oxygen atoms in total. The number of nitrogens with zero attached hydrogens (tertiary/aromatic N) is 1. The second-order valence-corrected chi connectivity index (χ2v) is 10.5. The van der Waals surface area contributed by atoms with Crippen LogP contribution in [-0.2, 0) is 34.3 Å². The molecule has 1 unspecified atom stereocenters. The van der Waals surface area contributed by atoms with Crippen LogP contribution in [0.25, 0.3) is 0 Å². The topological polar surface area (TPSA) is 112 Å². The summed E-state index contributed by atoms with van der Waals surface area (Å²) in [5.41, 5.74) is 3.88.